The third-order valence-electron chi connectivity index (χ3n) is 3.77. The highest BCUT2D eigenvalue weighted by Crippen LogP contribution is 2.18. The van der Waals surface area contributed by atoms with E-state index in [0.29, 0.717) is 0 Å². The van der Waals surface area contributed by atoms with Gasteiger partial charge in [-0.3, -0.25) is 9.48 Å². The second-order valence-corrected chi connectivity index (χ2v) is 5.43. The van der Waals surface area contributed by atoms with E-state index in [1.807, 2.05) is 6.92 Å². The molecule has 0 bridgehead atoms. The minimum atomic E-state index is -0.146. The molecule has 112 valence electrons. The molecule has 3 rings (SSSR count). The molecule has 0 aromatic carbocycles. The molecule has 2 aromatic heterocycles. The molecule has 0 fully saturated rings. The van der Waals surface area contributed by atoms with Crippen LogP contribution in [-0.2, 0) is 24.3 Å². The van der Waals surface area contributed by atoms with Crippen LogP contribution in [0.15, 0.2) is 18.5 Å². The molecule has 0 radical (unpaired) electrons. The summed E-state index contributed by atoms with van der Waals surface area (Å²) in [5.74, 6) is 1.81. The number of hydrogen-bond donors (Lipinski definition) is 1. The Morgan fingerprint density at radius 2 is 2.29 bits per heavy atom. The third kappa shape index (κ3) is 3.12. The summed E-state index contributed by atoms with van der Waals surface area (Å²) in [4.78, 5) is 12.0. The van der Waals surface area contributed by atoms with Gasteiger partial charge >= 0.3 is 0 Å². The fourth-order valence-corrected chi connectivity index (χ4v) is 2.72. The number of aryl methyl sites for hydroxylation is 1. The molecule has 21 heavy (non-hydrogen) atoms. The van der Waals surface area contributed by atoms with Crippen molar-refractivity contribution in [3.8, 4) is 0 Å². The highest BCUT2D eigenvalue weighted by atomic mass is 16.2. The van der Waals surface area contributed by atoms with Gasteiger partial charge in [-0.1, -0.05) is 6.42 Å². The summed E-state index contributed by atoms with van der Waals surface area (Å²) < 4.78 is 3.76. The summed E-state index contributed by atoms with van der Waals surface area (Å²) in [5.41, 5.74) is 0. The van der Waals surface area contributed by atoms with Crippen LogP contribution in [-0.4, -0.2) is 30.5 Å². The van der Waals surface area contributed by atoms with Gasteiger partial charge in [-0.05, 0) is 25.8 Å². The Morgan fingerprint density at radius 1 is 1.38 bits per heavy atom. The van der Waals surface area contributed by atoms with Gasteiger partial charge in [0.1, 0.15) is 12.4 Å². The van der Waals surface area contributed by atoms with Crippen LogP contribution < -0.4 is 5.32 Å². The first-order chi connectivity index (χ1) is 10.2. The number of hydrogen-bond acceptors (Lipinski definition) is 4. The van der Waals surface area contributed by atoms with Crippen molar-refractivity contribution in [2.45, 2.75) is 51.7 Å². The zero-order chi connectivity index (χ0) is 14.7. The fourth-order valence-electron chi connectivity index (χ4n) is 2.72. The van der Waals surface area contributed by atoms with E-state index in [4.69, 9.17) is 0 Å². The second-order valence-electron chi connectivity index (χ2n) is 5.43. The molecule has 7 heteroatoms. The van der Waals surface area contributed by atoms with Crippen molar-refractivity contribution in [3.63, 3.8) is 0 Å². The van der Waals surface area contributed by atoms with E-state index >= 15 is 0 Å². The number of fused-ring (bicyclic) bond motifs is 1. The molecule has 0 saturated heterocycles. The van der Waals surface area contributed by atoms with Crippen molar-refractivity contribution in [3.05, 3.63) is 30.1 Å². The number of nitrogens with zero attached hydrogens (tertiary/aromatic N) is 5. The van der Waals surface area contributed by atoms with Crippen LogP contribution in [0, 0.1) is 0 Å². The van der Waals surface area contributed by atoms with Crippen LogP contribution in [0.25, 0.3) is 0 Å². The third-order valence-corrected chi connectivity index (χ3v) is 3.77. The van der Waals surface area contributed by atoms with Gasteiger partial charge in [0.15, 0.2) is 5.82 Å². The molecule has 0 aliphatic carbocycles. The predicted octanol–water partition coefficient (Wildman–Crippen LogP) is 1.08. The average Bonchev–Trinajstić information content (AvgIpc) is 3.04. The lowest BCUT2D eigenvalue weighted by atomic mass is 10.2. The first-order valence-corrected chi connectivity index (χ1v) is 7.43. The number of amides is 1. The number of aromatic nitrogens is 5. The van der Waals surface area contributed by atoms with E-state index in [9.17, 15) is 4.79 Å². The smallest absolute Gasteiger partial charge is 0.242 e. The minimum absolute atomic E-state index is 0.0721. The van der Waals surface area contributed by atoms with Crippen molar-refractivity contribution in [2.24, 2.45) is 0 Å². The number of rotatable bonds is 4. The molecule has 1 aliphatic rings. The van der Waals surface area contributed by atoms with Crippen molar-refractivity contribution >= 4 is 5.91 Å². The standard InChI is InChI=1S/C14H20N6O/c1-11(16-13(21)10-19-8-5-7-15-19)14-18-17-12-6-3-2-4-9-20(12)14/h5,7-8,11H,2-4,6,9-10H2,1H3,(H,16,21). The molecule has 1 N–H and O–H groups in total. The number of nitrogens with one attached hydrogen (secondary N) is 1. The largest absolute Gasteiger partial charge is 0.345 e. The van der Waals surface area contributed by atoms with E-state index in [0.717, 1.165) is 37.5 Å². The molecule has 0 saturated carbocycles. The molecule has 0 spiro atoms. The summed E-state index contributed by atoms with van der Waals surface area (Å²) >= 11 is 0. The molecular formula is C14H20N6O. The van der Waals surface area contributed by atoms with Crippen LogP contribution in [0.3, 0.4) is 0 Å². The topological polar surface area (TPSA) is 77.6 Å². The molecule has 1 unspecified atom stereocenters. The van der Waals surface area contributed by atoms with Crippen molar-refractivity contribution in [1.29, 1.82) is 0 Å². The maximum atomic E-state index is 12.0. The highest BCUT2D eigenvalue weighted by molar-refractivity contribution is 5.75. The first kappa shape index (κ1) is 13.8. The van der Waals surface area contributed by atoms with Crippen molar-refractivity contribution in [1.82, 2.24) is 29.9 Å². The lowest BCUT2D eigenvalue weighted by Crippen LogP contribution is -2.32. The molecule has 1 atom stereocenters. The first-order valence-electron chi connectivity index (χ1n) is 7.43. The number of carbonyl (C=O) groups is 1. The van der Waals surface area contributed by atoms with E-state index in [1.54, 1.807) is 23.1 Å². The molecule has 2 aromatic rings. The molecule has 1 aliphatic heterocycles. The van der Waals surface area contributed by atoms with Crippen LogP contribution in [0.1, 0.15) is 43.9 Å². The Kier molecular flexibility index (Phi) is 3.98. The monoisotopic (exact) mass is 288 g/mol. The summed E-state index contributed by atoms with van der Waals surface area (Å²) in [6.07, 6.45) is 7.94. The maximum absolute atomic E-state index is 12.0. The molecule has 3 heterocycles. The lowest BCUT2D eigenvalue weighted by Gasteiger charge is -2.15. The SMILES string of the molecule is CC(NC(=O)Cn1cccn1)c1nnc2n1CCCCC2. The van der Waals surface area contributed by atoms with Crippen LogP contribution in [0.4, 0.5) is 0 Å². The fraction of sp³-hybridized carbons (Fsp3) is 0.571. The second kappa shape index (κ2) is 6.07. The van der Waals surface area contributed by atoms with Crippen LogP contribution in [0.5, 0.6) is 0 Å². The van der Waals surface area contributed by atoms with E-state index < -0.39 is 0 Å². The summed E-state index contributed by atoms with van der Waals surface area (Å²) in [6, 6.07) is 1.65. The van der Waals surface area contributed by atoms with Gasteiger partial charge in [0, 0.05) is 25.4 Å². The van der Waals surface area contributed by atoms with Crippen molar-refractivity contribution < 1.29 is 4.79 Å². The zero-order valence-electron chi connectivity index (χ0n) is 12.2. The summed E-state index contributed by atoms with van der Waals surface area (Å²) in [7, 11) is 0. The van der Waals surface area contributed by atoms with Gasteiger partial charge in [0.2, 0.25) is 5.91 Å². The molecular weight excluding hydrogens is 268 g/mol. The van der Waals surface area contributed by atoms with Gasteiger partial charge in [-0.2, -0.15) is 5.10 Å². The Hall–Kier alpha value is -2.18. The van der Waals surface area contributed by atoms with Gasteiger partial charge < -0.3 is 9.88 Å². The summed E-state index contributed by atoms with van der Waals surface area (Å²) in [5, 5.41) is 15.5. The van der Waals surface area contributed by atoms with E-state index in [1.165, 1.54) is 6.42 Å². The minimum Gasteiger partial charge on any atom is -0.345 e. The Bertz CT molecular complexity index is 603. The normalized spacial score (nSPS) is 16.0. The predicted molar refractivity (Wildman–Crippen MR) is 76.4 cm³/mol. The van der Waals surface area contributed by atoms with E-state index in [-0.39, 0.29) is 18.5 Å². The Morgan fingerprint density at radius 3 is 3.10 bits per heavy atom. The molecule has 1 amide bonds. The van der Waals surface area contributed by atoms with Gasteiger partial charge in [-0.25, -0.2) is 0 Å². The highest BCUT2D eigenvalue weighted by Gasteiger charge is 2.20. The number of carbonyl (C=O) groups excluding carboxylic acids is 1. The summed E-state index contributed by atoms with van der Waals surface area (Å²) in [6.45, 7) is 3.11. The van der Waals surface area contributed by atoms with Crippen molar-refractivity contribution in [2.75, 3.05) is 0 Å². The Balaban J connectivity index is 1.66. The lowest BCUT2D eigenvalue weighted by molar-refractivity contribution is -0.122. The van der Waals surface area contributed by atoms with Crippen LogP contribution >= 0.6 is 0 Å². The molecule has 7 nitrogen and oxygen atoms in total. The average molecular weight is 288 g/mol. The van der Waals surface area contributed by atoms with E-state index in [2.05, 4.69) is 25.2 Å². The zero-order valence-corrected chi connectivity index (χ0v) is 12.2. The van der Waals surface area contributed by atoms with Gasteiger partial charge in [0.25, 0.3) is 0 Å². The maximum Gasteiger partial charge on any atom is 0.242 e. The van der Waals surface area contributed by atoms with Gasteiger partial charge in [-0.15, -0.1) is 10.2 Å². The van der Waals surface area contributed by atoms with Gasteiger partial charge in [0.05, 0.1) is 6.04 Å². The quantitative estimate of drug-likeness (QED) is 0.913. The van der Waals surface area contributed by atoms with Crippen LogP contribution in [0.2, 0.25) is 0 Å². The Labute approximate surface area is 123 Å².